The molecule has 1 heterocycles. The van der Waals surface area contributed by atoms with Crippen molar-refractivity contribution >= 4 is 5.91 Å². The molecule has 148 valence electrons. The van der Waals surface area contributed by atoms with Crippen LogP contribution in [0.25, 0.3) is 0 Å². The van der Waals surface area contributed by atoms with Crippen LogP contribution >= 0.6 is 0 Å². The van der Waals surface area contributed by atoms with Crippen molar-refractivity contribution < 1.29 is 23.7 Å². The minimum absolute atomic E-state index is 0.0454. The highest BCUT2D eigenvalue weighted by atomic mass is 19.1. The number of nitrogens with one attached hydrogen (secondary N) is 3. The molecule has 1 aliphatic heterocycles. The van der Waals surface area contributed by atoms with E-state index in [0.29, 0.717) is 18.8 Å². The SMILES string of the molecule is COc1ccc(F)cc1C[NH+]1CC[NH+](CC(=O)N[C@@](C)(C#N)C(C)C)CC1. The van der Waals surface area contributed by atoms with Crippen LogP contribution in [0.5, 0.6) is 5.75 Å². The molecule has 0 spiro atoms. The zero-order valence-electron chi connectivity index (χ0n) is 16.7. The third kappa shape index (κ3) is 5.65. The molecule has 1 saturated heterocycles. The molecule has 0 aliphatic carbocycles. The summed E-state index contributed by atoms with van der Waals surface area (Å²) in [4.78, 5) is 14.9. The summed E-state index contributed by atoms with van der Waals surface area (Å²) in [5.74, 6) is 0.418. The number of nitrogens with zero attached hydrogens (tertiary/aromatic N) is 1. The van der Waals surface area contributed by atoms with E-state index in [1.54, 1.807) is 20.1 Å². The van der Waals surface area contributed by atoms with Gasteiger partial charge < -0.3 is 19.9 Å². The number of nitriles is 1. The van der Waals surface area contributed by atoms with Gasteiger partial charge in [0.25, 0.3) is 5.91 Å². The topological polar surface area (TPSA) is 71.0 Å². The fraction of sp³-hybridized carbons (Fsp3) is 0.600. The Hall–Kier alpha value is -2.17. The molecule has 1 amide bonds. The number of quaternary nitrogens is 2. The Bertz CT molecular complexity index is 696. The number of amides is 1. The number of ether oxygens (including phenoxy) is 1. The summed E-state index contributed by atoms with van der Waals surface area (Å²) >= 11 is 0. The number of methoxy groups -OCH3 is 1. The largest absolute Gasteiger partial charge is 0.496 e. The fourth-order valence-electron chi connectivity index (χ4n) is 3.33. The van der Waals surface area contributed by atoms with Crippen LogP contribution in [0.4, 0.5) is 4.39 Å². The van der Waals surface area contributed by atoms with E-state index in [9.17, 15) is 14.4 Å². The lowest BCUT2D eigenvalue weighted by molar-refractivity contribution is -1.02. The highest BCUT2D eigenvalue weighted by molar-refractivity contribution is 5.78. The van der Waals surface area contributed by atoms with E-state index in [-0.39, 0.29) is 17.6 Å². The van der Waals surface area contributed by atoms with Crippen LogP contribution in [0.2, 0.25) is 0 Å². The number of carbonyl (C=O) groups is 1. The predicted octanol–water partition coefficient (Wildman–Crippen LogP) is -0.828. The van der Waals surface area contributed by atoms with Gasteiger partial charge in [0, 0.05) is 0 Å². The lowest BCUT2D eigenvalue weighted by Gasteiger charge is -2.31. The zero-order chi connectivity index (χ0) is 20.0. The monoisotopic (exact) mass is 378 g/mol. The molecule has 3 N–H and O–H groups in total. The molecule has 6 nitrogen and oxygen atoms in total. The van der Waals surface area contributed by atoms with Gasteiger partial charge in [-0.05, 0) is 31.0 Å². The van der Waals surface area contributed by atoms with Gasteiger partial charge in [-0.15, -0.1) is 0 Å². The minimum atomic E-state index is -0.836. The quantitative estimate of drug-likeness (QED) is 0.580. The Morgan fingerprint density at radius 2 is 1.96 bits per heavy atom. The van der Waals surface area contributed by atoms with Gasteiger partial charge in [0.15, 0.2) is 6.54 Å². The Morgan fingerprint density at radius 3 is 2.52 bits per heavy atom. The van der Waals surface area contributed by atoms with Crippen molar-refractivity contribution in [2.24, 2.45) is 5.92 Å². The number of hydrogen-bond acceptors (Lipinski definition) is 3. The Kier molecular flexibility index (Phi) is 7.17. The summed E-state index contributed by atoms with van der Waals surface area (Å²) in [6.07, 6.45) is 0. The van der Waals surface area contributed by atoms with Crippen LogP contribution in [0.1, 0.15) is 26.3 Å². The maximum atomic E-state index is 13.5. The third-order valence-corrected chi connectivity index (χ3v) is 5.54. The molecule has 2 rings (SSSR count). The van der Waals surface area contributed by atoms with Crippen LogP contribution in [-0.2, 0) is 11.3 Å². The molecule has 0 saturated carbocycles. The maximum absolute atomic E-state index is 13.5. The van der Waals surface area contributed by atoms with Crippen molar-refractivity contribution in [1.82, 2.24) is 5.32 Å². The Balaban J connectivity index is 1.85. The lowest BCUT2D eigenvalue weighted by atomic mass is 9.90. The van der Waals surface area contributed by atoms with Gasteiger partial charge in [-0.3, -0.25) is 4.79 Å². The summed E-state index contributed by atoms with van der Waals surface area (Å²) in [6, 6.07) is 6.81. The average molecular weight is 378 g/mol. The highest BCUT2D eigenvalue weighted by Gasteiger charge is 2.32. The molecule has 1 atom stereocenters. The first-order valence-electron chi connectivity index (χ1n) is 9.49. The minimum Gasteiger partial charge on any atom is -0.496 e. The van der Waals surface area contributed by atoms with Crippen LogP contribution in [0.3, 0.4) is 0 Å². The van der Waals surface area contributed by atoms with E-state index in [4.69, 9.17) is 4.74 Å². The number of rotatable bonds is 7. The number of carbonyl (C=O) groups excluding carboxylic acids is 1. The molecule has 1 aromatic carbocycles. The molecule has 27 heavy (non-hydrogen) atoms. The van der Waals surface area contributed by atoms with E-state index in [0.717, 1.165) is 31.7 Å². The van der Waals surface area contributed by atoms with E-state index < -0.39 is 5.54 Å². The van der Waals surface area contributed by atoms with Crippen molar-refractivity contribution in [2.45, 2.75) is 32.9 Å². The van der Waals surface area contributed by atoms with E-state index >= 15 is 0 Å². The zero-order valence-corrected chi connectivity index (χ0v) is 16.7. The predicted molar refractivity (Wildman–Crippen MR) is 99.9 cm³/mol. The first-order valence-corrected chi connectivity index (χ1v) is 9.49. The van der Waals surface area contributed by atoms with Crippen molar-refractivity contribution in [1.29, 1.82) is 5.26 Å². The van der Waals surface area contributed by atoms with Gasteiger partial charge in [0.1, 0.15) is 49.8 Å². The van der Waals surface area contributed by atoms with Crippen molar-refractivity contribution in [3.05, 3.63) is 29.6 Å². The van der Waals surface area contributed by atoms with Crippen LogP contribution in [-0.4, -0.2) is 51.3 Å². The molecule has 1 fully saturated rings. The summed E-state index contributed by atoms with van der Waals surface area (Å²) in [5, 5.41) is 12.2. The highest BCUT2D eigenvalue weighted by Crippen LogP contribution is 2.18. The molecule has 0 unspecified atom stereocenters. The second-order valence-corrected chi connectivity index (χ2v) is 7.83. The average Bonchev–Trinajstić information content (AvgIpc) is 2.63. The molecule has 7 heteroatoms. The van der Waals surface area contributed by atoms with Gasteiger partial charge in [-0.2, -0.15) is 5.26 Å². The number of benzene rings is 1. The normalized spacial score (nSPS) is 22.0. The van der Waals surface area contributed by atoms with Crippen molar-refractivity contribution in [3.63, 3.8) is 0 Å². The molecule has 1 aliphatic rings. The number of piperazine rings is 1. The summed E-state index contributed by atoms with van der Waals surface area (Å²) in [7, 11) is 1.60. The first kappa shape index (κ1) is 21.1. The summed E-state index contributed by atoms with van der Waals surface area (Å²) < 4.78 is 18.9. The second kappa shape index (κ2) is 9.16. The molecule has 0 radical (unpaired) electrons. The van der Waals surface area contributed by atoms with Gasteiger partial charge in [-0.25, -0.2) is 4.39 Å². The Morgan fingerprint density at radius 1 is 1.33 bits per heavy atom. The second-order valence-electron chi connectivity index (χ2n) is 7.83. The Labute approximate surface area is 160 Å². The maximum Gasteiger partial charge on any atom is 0.276 e. The first-order chi connectivity index (χ1) is 12.8. The molecule has 0 aromatic heterocycles. The van der Waals surface area contributed by atoms with E-state index in [2.05, 4.69) is 11.4 Å². The summed E-state index contributed by atoms with van der Waals surface area (Å²) in [6.45, 7) is 10.2. The molecular weight excluding hydrogens is 347 g/mol. The lowest BCUT2D eigenvalue weighted by Crippen LogP contribution is -3.28. The van der Waals surface area contributed by atoms with Gasteiger partial charge in [0.2, 0.25) is 0 Å². The van der Waals surface area contributed by atoms with Crippen LogP contribution < -0.4 is 19.9 Å². The molecule has 1 aromatic rings. The summed E-state index contributed by atoms with van der Waals surface area (Å²) in [5.41, 5.74) is 0.0350. The van der Waals surface area contributed by atoms with Crippen molar-refractivity contribution in [2.75, 3.05) is 39.8 Å². The van der Waals surface area contributed by atoms with Crippen molar-refractivity contribution in [3.8, 4) is 11.8 Å². The molecule has 0 bridgehead atoms. The molecular formula is C20H31FN4O2+2. The number of hydrogen-bond donors (Lipinski definition) is 3. The third-order valence-electron chi connectivity index (χ3n) is 5.54. The standard InChI is InChI=1S/C20H29FN4O2/c1-15(2)20(3,14-22)23-19(26)13-25-9-7-24(8-10-25)12-16-11-17(21)5-6-18(16)27-4/h5-6,11,15H,7-10,12-13H2,1-4H3,(H,23,26)/p+2/t20-/m0/s1. The van der Waals surface area contributed by atoms with Crippen LogP contribution in [0, 0.1) is 23.1 Å². The number of halogens is 1. The fourth-order valence-corrected chi connectivity index (χ4v) is 3.33. The van der Waals surface area contributed by atoms with Crippen LogP contribution in [0.15, 0.2) is 18.2 Å². The smallest absolute Gasteiger partial charge is 0.276 e. The van der Waals surface area contributed by atoms with Gasteiger partial charge in [0.05, 0.1) is 18.7 Å². The van der Waals surface area contributed by atoms with E-state index in [1.807, 2.05) is 13.8 Å². The van der Waals surface area contributed by atoms with Gasteiger partial charge in [-0.1, -0.05) is 13.8 Å². The van der Waals surface area contributed by atoms with Gasteiger partial charge >= 0.3 is 0 Å². The van der Waals surface area contributed by atoms with E-state index in [1.165, 1.54) is 21.9 Å².